The highest BCUT2D eigenvalue weighted by molar-refractivity contribution is 14.1. The van der Waals surface area contributed by atoms with Crippen LogP contribution in [0.4, 0.5) is 5.69 Å². The van der Waals surface area contributed by atoms with E-state index in [4.69, 9.17) is 9.47 Å². The number of carboxylic acid groups (broad SMARTS) is 1. The molecule has 6 nitrogen and oxygen atoms in total. The molecule has 0 aliphatic carbocycles. The molecule has 24 heavy (non-hydrogen) atoms. The van der Waals surface area contributed by atoms with E-state index in [1.807, 2.05) is 6.07 Å². The highest BCUT2D eigenvalue weighted by Crippen LogP contribution is 2.37. The summed E-state index contributed by atoms with van der Waals surface area (Å²) in [7, 11) is 0. The molecule has 1 rings (SSSR count). The van der Waals surface area contributed by atoms with Gasteiger partial charge in [0.05, 0.1) is 19.4 Å². The van der Waals surface area contributed by atoms with Crippen LogP contribution in [0.3, 0.4) is 0 Å². The fourth-order valence-electron chi connectivity index (χ4n) is 1.72. The second-order valence-electron chi connectivity index (χ2n) is 5.13. The Balaban J connectivity index is 2.82. The fourth-order valence-corrected chi connectivity index (χ4v) is 5.67. The van der Waals surface area contributed by atoms with Crippen LogP contribution in [0.15, 0.2) is 6.07 Å². The molecule has 0 saturated heterocycles. The van der Waals surface area contributed by atoms with Crippen LogP contribution in [0.1, 0.15) is 27.2 Å². The van der Waals surface area contributed by atoms with Crippen molar-refractivity contribution in [3.8, 4) is 5.75 Å². The Morgan fingerprint density at radius 3 is 2.38 bits per heavy atom. The van der Waals surface area contributed by atoms with Gasteiger partial charge in [0.1, 0.15) is 12.4 Å². The largest absolute Gasteiger partial charge is 0.489 e. The number of ether oxygens (including phenoxy) is 2. The summed E-state index contributed by atoms with van der Waals surface area (Å²) in [5.41, 5.74) is -0.499. The Morgan fingerprint density at radius 1 is 1.25 bits per heavy atom. The number of aliphatic carboxylic acids is 1. The van der Waals surface area contributed by atoms with Crippen molar-refractivity contribution in [2.75, 3.05) is 18.5 Å². The number of carbonyl (C=O) groups excluding carboxylic acids is 1. The lowest BCUT2D eigenvalue weighted by Gasteiger charge is -2.24. The molecule has 1 aromatic carbocycles. The van der Waals surface area contributed by atoms with Crippen LogP contribution in [-0.2, 0) is 14.3 Å². The number of amides is 1. The molecule has 2 N–H and O–H groups in total. The van der Waals surface area contributed by atoms with Crippen molar-refractivity contribution in [1.29, 1.82) is 0 Å². The molecule has 0 saturated carbocycles. The van der Waals surface area contributed by atoms with Gasteiger partial charge >= 0.3 is 5.97 Å². The maximum Gasteiger partial charge on any atom is 0.335 e. The molecule has 0 radical (unpaired) electrons. The molecule has 0 aromatic heterocycles. The summed E-state index contributed by atoms with van der Waals surface area (Å²) >= 11 is 6.45. The van der Waals surface area contributed by atoms with E-state index in [1.54, 1.807) is 13.8 Å². The molecule has 1 amide bonds. The van der Waals surface area contributed by atoms with Crippen LogP contribution in [-0.4, -0.2) is 35.8 Å². The maximum atomic E-state index is 11.3. The third-order valence-corrected chi connectivity index (χ3v) is 5.99. The first kappa shape index (κ1) is 22.2. The van der Waals surface area contributed by atoms with Crippen molar-refractivity contribution < 1.29 is 24.2 Å². The molecule has 0 aliphatic rings. The average molecular weight is 673 g/mol. The van der Waals surface area contributed by atoms with Gasteiger partial charge < -0.3 is 19.9 Å². The van der Waals surface area contributed by atoms with Gasteiger partial charge in [-0.2, -0.15) is 0 Å². The molecule has 0 spiro atoms. The lowest BCUT2D eigenvalue weighted by Crippen LogP contribution is -2.38. The molecule has 0 fully saturated rings. The second-order valence-corrected chi connectivity index (χ2v) is 8.53. The topological polar surface area (TPSA) is 84.9 Å². The van der Waals surface area contributed by atoms with Gasteiger partial charge in [-0.05, 0) is 87.2 Å². The minimum atomic E-state index is -1.21. The van der Waals surface area contributed by atoms with Crippen molar-refractivity contribution in [3.05, 3.63) is 16.8 Å². The number of anilines is 1. The summed E-state index contributed by atoms with van der Waals surface area (Å²) in [5, 5.41) is 12.0. The highest BCUT2D eigenvalue weighted by Gasteiger charge is 2.31. The van der Waals surface area contributed by atoms with E-state index in [0.29, 0.717) is 17.9 Å². The van der Waals surface area contributed by atoms with Crippen molar-refractivity contribution in [2.45, 2.75) is 32.8 Å². The Labute approximate surface area is 181 Å². The first-order valence-corrected chi connectivity index (χ1v) is 10.3. The third kappa shape index (κ3) is 5.83. The standard InChI is InChI=1S/C15H18I3NO5/c1-4-15(3,14(21)22)24-6-5-23-13-10(17)7-9(16)12(11(13)18)19-8(2)20/h7H,4-6H2,1-3H3,(H,19,20)(H,21,22). The fraction of sp³-hybridized carbons (Fsp3) is 0.467. The van der Waals surface area contributed by atoms with Gasteiger partial charge in [-0.3, -0.25) is 4.79 Å². The summed E-state index contributed by atoms with van der Waals surface area (Å²) in [5.74, 6) is -0.490. The molecule has 9 heteroatoms. The summed E-state index contributed by atoms with van der Waals surface area (Å²) in [6.45, 7) is 5.14. The Bertz CT molecular complexity index is 638. The number of nitrogens with one attached hydrogen (secondary N) is 1. The molecule has 0 aliphatic heterocycles. The second kappa shape index (κ2) is 9.71. The molecule has 1 aromatic rings. The van der Waals surface area contributed by atoms with Crippen LogP contribution in [0.2, 0.25) is 0 Å². The Kier molecular flexibility index (Phi) is 8.96. The summed E-state index contributed by atoms with van der Waals surface area (Å²) in [6.07, 6.45) is 0.369. The minimum absolute atomic E-state index is 0.151. The average Bonchev–Trinajstić information content (AvgIpc) is 2.49. The number of halogens is 3. The molecule has 0 heterocycles. The number of hydrogen-bond donors (Lipinski definition) is 2. The number of benzene rings is 1. The molecule has 1 atom stereocenters. The third-order valence-electron chi connectivity index (χ3n) is 3.31. The van der Waals surface area contributed by atoms with Crippen LogP contribution < -0.4 is 10.1 Å². The van der Waals surface area contributed by atoms with Gasteiger partial charge in [0.15, 0.2) is 5.60 Å². The van der Waals surface area contributed by atoms with Crippen LogP contribution >= 0.6 is 67.8 Å². The lowest BCUT2D eigenvalue weighted by molar-refractivity contribution is -0.164. The van der Waals surface area contributed by atoms with E-state index in [0.717, 1.165) is 10.7 Å². The van der Waals surface area contributed by atoms with Crippen LogP contribution in [0, 0.1) is 10.7 Å². The zero-order valence-electron chi connectivity index (χ0n) is 13.4. The summed E-state index contributed by atoms with van der Waals surface area (Å²) < 4.78 is 13.9. The molecule has 134 valence electrons. The SMILES string of the molecule is CCC(C)(OCCOc1c(I)cc(I)c(NC(C)=O)c1I)C(=O)O. The monoisotopic (exact) mass is 673 g/mol. The first-order chi connectivity index (χ1) is 11.1. The number of rotatable bonds is 8. The minimum Gasteiger partial charge on any atom is -0.489 e. The van der Waals surface area contributed by atoms with E-state index in [-0.39, 0.29) is 19.1 Å². The van der Waals surface area contributed by atoms with Gasteiger partial charge in [0.25, 0.3) is 0 Å². The summed E-state index contributed by atoms with van der Waals surface area (Å²) in [6, 6.07) is 1.91. The van der Waals surface area contributed by atoms with E-state index in [9.17, 15) is 14.7 Å². The van der Waals surface area contributed by atoms with E-state index < -0.39 is 11.6 Å². The molecule has 1 unspecified atom stereocenters. The van der Waals surface area contributed by atoms with Gasteiger partial charge in [-0.1, -0.05) is 6.92 Å². The zero-order valence-corrected chi connectivity index (χ0v) is 19.9. The predicted molar refractivity (Wildman–Crippen MR) is 117 cm³/mol. The van der Waals surface area contributed by atoms with Crippen LogP contribution in [0.25, 0.3) is 0 Å². The first-order valence-electron chi connectivity index (χ1n) is 7.07. The van der Waals surface area contributed by atoms with E-state index >= 15 is 0 Å². The number of hydrogen-bond acceptors (Lipinski definition) is 4. The van der Waals surface area contributed by atoms with Gasteiger partial charge in [0, 0.05) is 10.5 Å². The van der Waals surface area contributed by atoms with E-state index in [1.165, 1.54) is 6.92 Å². The van der Waals surface area contributed by atoms with Gasteiger partial charge in [0.2, 0.25) is 5.91 Å². The number of carbonyl (C=O) groups is 2. The smallest absolute Gasteiger partial charge is 0.335 e. The quantitative estimate of drug-likeness (QED) is 0.321. The zero-order chi connectivity index (χ0) is 18.5. The van der Waals surface area contributed by atoms with Crippen molar-refractivity contribution >= 4 is 85.3 Å². The van der Waals surface area contributed by atoms with Crippen molar-refractivity contribution in [3.63, 3.8) is 0 Å². The predicted octanol–water partition coefficient (Wildman–Crippen LogP) is 4.11. The Morgan fingerprint density at radius 2 is 1.88 bits per heavy atom. The molecular weight excluding hydrogens is 655 g/mol. The maximum absolute atomic E-state index is 11.3. The van der Waals surface area contributed by atoms with Gasteiger partial charge in [-0.25, -0.2) is 4.79 Å². The van der Waals surface area contributed by atoms with Gasteiger partial charge in [-0.15, -0.1) is 0 Å². The Hall–Kier alpha value is 0.110. The number of carboxylic acids is 1. The van der Waals surface area contributed by atoms with Crippen molar-refractivity contribution in [2.24, 2.45) is 0 Å². The normalized spacial score (nSPS) is 13.2. The van der Waals surface area contributed by atoms with E-state index in [2.05, 4.69) is 73.1 Å². The highest BCUT2D eigenvalue weighted by atomic mass is 127. The van der Waals surface area contributed by atoms with Crippen molar-refractivity contribution in [1.82, 2.24) is 0 Å². The van der Waals surface area contributed by atoms with Crippen LogP contribution in [0.5, 0.6) is 5.75 Å². The molecule has 0 bridgehead atoms. The molecular formula is C15H18I3NO5. The lowest BCUT2D eigenvalue weighted by atomic mass is 10.0. The summed E-state index contributed by atoms with van der Waals surface area (Å²) in [4.78, 5) is 22.5.